The highest BCUT2D eigenvalue weighted by Gasteiger charge is 2.24. The highest BCUT2D eigenvalue weighted by molar-refractivity contribution is 5.76. The molecule has 1 saturated heterocycles. The molecule has 0 spiro atoms. The van der Waals surface area contributed by atoms with Gasteiger partial charge in [-0.15, -0.1) is 0 Å². The van der Waals surface area contributed by atoms with Crippen LogP contribution in [-0.4, -0.2) is 42.8 Å². The summed E-state index contributed by atoms with van der Waals surface area (Å²) < 4.78 is 1.70. The van der Waals surface area contributed by atoms with Gasteiger partial charge in [0.15, 0.2) is 11.3 Å². The van der Waals surface area contributed by atoms with Crippen LogP contribution in [0, 0.1) is 6.92 Å². The van der Waals surface area contributed by atoms with Crippen molar-refractivity contribution in [3.8, 4) is 11.4 Å². The quantitative estimate of drug-likeness (QED) is 0.621. The van der Waals surface area contributed by atoms with E-state index in [2.05, 4.69) is 30.5 Å². The molecule has 3 aromatic heterocycles. The van der Waals surface area contributed by atoms with E-state index in [1.807, 2.05) is 6.92 Å². The third kappa shape index (κ3) is 2.33. The number of nitrogens with two attached hydrogens (primary N) is 1. The van der Waals surface area contributed by atoms with Crippen molar-refractivity contribution >= 4 is 17.1 Å². The van der Waals surface area contributed by atoms with E-state index in [-0.39, 0.29) is 17.5 Å². The van der Waals surface area contributed by atoms with E-state index in [4.69, 9.17) is 5.73 Å². The monoisotopic (exact) mass is 326 g/mol. The maximum Gasteiger partial charge on any atom is 0.280 e. The first-order valence-electron chi connectivity index (χ1n) is 7.92. The summed E-state index contributed by atoms with van der Waals surface area (Å²) in [6.07, 6.45) is 3.50. The van der Waals surface area contributed by atoms with Crippen molar-refractivity contribution < 1.29 is 0 Å². The Morgan fingerprint density at radius 1 is 1.33 bits per heavy atom. The van der Waals surface area contributed by atoms with Gasteiger partial charge in [-0.2, -0.15) is 10.1 Å². The molecule has 4 N–H and O–H groups in total. The summed E-state index contributed by atoms with van der Waals surface area (Å²) >= 11 is 0. The molecular weight excluding hydrogens is 308 g/mol. The van der Waals surface area contributed by atoms with Gasteiger partial charge in [0, 0.05) is 12.7 Å². The molecule has 4 rings (SSSR count). The zero-order valence-corrected chi connectivity index (χ0v) is 13.3. The number of aromatic nitrogens is 6. The minimum Gasteiger partial charge on any atom is -0.368 e. The van der Waals surface area contributed by atoms with Crippen LogP contribution < -0.4 is 16.6 Å². The second-order valence-corrected chi connectivity index (χ2v) is 5.95. The number of fused-ring (bicyclic) bond motifs is 1. The average molecular weight is 326 g/mol. The van der Waals surface area contributed by atoms with E-state index in [0.717, 1.165) is 19.4 Å². The molecule has 0 bridgehead atoms. The van der Waals surface area contributed by atoms with Crippen molar-refractivity contribution in [1.29, 1.82) is 0 Å². The Bertz CT molecular complexity index is 940. The van der Waals surface area contributed by atoms with Crippen LogP contribution in [0.2, 0.25) is 0 Å². The number of aryl methyl sites for hydroxylation is 1. The number of hydrogen-bond acceptors (Lipinski definition) is 7. The zero-order valence-electron chi connectivity index (χ0n) is 13.3. The average Bonchev–Trinajstić information content (AvgIpc) is 3.09. The summed E-state index contributed by atoms with van der Waals surface area (Å²) in [4.78, 5) is 26.1. The van der Waals surface area contributed by atoms with Crippen LogP contribution in [0.4, 0.5) is 5.95 Å². The summed E-state index contributed by atoms with van der Waals surface area (Å²) in [6.45, 7) is 3.49. The zero-order chi connectivity index (χ0) is 16.7. The fourth-order valence-corrected chi connectivity index (χ4v) is 3.20. The van der Waals surface area contributed by atoms with Gasteiger partial charge >= 0.3 is 0 Å². The van der Waals surface area contributed by atoms with Gasteiger partial charge in [-0.25, -0.2) is 9.97 Å². The Morgan fingerprint density at radius 2 is 2.21 bits per heavy atom. The van der Waals surface area contributed by atoms with Crippen LogP contribution in [0.5, 0.6) is 0 Å². The van der Waals surface area contributed by atoms with Crippen LogP contribution in [0.25, 0.3) is 22.6 Å². The van der Waals surface area contributed by atoms with Crippen LogP contribution in [0.15, 0.2) is 17.1 Å². The second-order valence-electron chi connectivity index (χ2n) is 5.95. The SMILES string of the molecule is Cc1nc(N)nc2c1nc(-c1ccn[nH]1)c(=O)n2[C@@H]1CCCNC1. The van der Waals surface area contributed by atoms with Gasteiger partial charge in [-0.1, -0.05) is 0 Å². The lowest BCUT2D eigenvalue weighted by molar-refractivity contribution is 0.370. The van der Waals surface area contributed by atoms with Crippen molar-refractivity contribution in [1.82, 2.24) is 35.0 Å². The molecule has 0 saturated carbocycles. The molecule has 9 heteroatoms. The van der Waals surface area contributed by atoms with Gasteiger partial charge in [-0.05, 0) is 32.4 Å². The fraction of sp³-hybridized carbons (Fsp3) is 0.400. The second kappa shape index (κ2) is 5.68. The van der Waals surface area contributed by atoms with Crippen molar-refractivity contribution in [2.75, 3.05) is 18.8 Å². The van der Waals surface area contributed by atoms with E-state index in [1.54, 1.807) is 16.8 Å². The number of nitrogen functional groups attached to an aromatic ring is 1. The third-order valence-electron chi connectivity index (χ3n) is 4.32. The molecule has 1 fully saturated rings. The molecule has 124 valence electrons. The van der Waals surface area contributed by atoms with E-state index in [9.17, 15) is 4.79 Å². The van der Waals surface area contributed by atoms with E-state index >= 15 is 0 Å². The maximum atomic E-state index is 13.1. The first-order valence-corrected chi connectivity index (χ1v) is 7.92. The Balaban J connectivity index is 2.06. The smallest absolute Gasteiger partial charge is 0.280 e. The number of H-pyrrole nitrogens is 1. The number of aromatic amines is 1. The van der Waals surface area contributed by atoms with E-state index < -0.39 is 0 Å². The molecule has 1 aliphatic heterocycles. The summed E-state index contributed by atoms with van der Waals surface area (Å²) in [7, 11) is 0. The Hall–Kier alpha value is -2.81. The van der Waals surface area contributed by atoms with Crippen LogP contribution in [0.3, 0.4) is 0 Å². The van der Waals surface area contributed by atoms with Gasteiger partial charge in [0.25, 0.3) is 5.56 Å². The summed E-state index contributed by atoms with van der Waals surface area (Å²) in [6, 6.07) is 1.74. The fourth-order valence-electron chi connectivity index (χ4n) is 3.20. The van der Waals surface area contributed by atoms with Gasteiger partial charge < -0.3 is 11.1 Å². The number of nitrogens with zero attached hydrogens (tertiary/aromatic N) is 5. The van der Waals surface area contributed by atoms with Gasteiger partial charge in [0.2, 0.25) is 5.95 Å². The van der Waals surface area contributed by atoms with Gasteiger partial charge in [-0.3, -0.25) is 14.5 Å². The number of anilines is 1. The molecule has 0 aromatic carbocycles. The molecule has 1 atom stereocenters. The van der Waals surface area contributed by atoms with Gasteiger partial charge in [0.1, 0.15) is 5.52 Å². The predicted octanol–water partition coefficient (Wildman–Crippen LogP) is 0.392. The Morgan fingerprint density at radius 3 is 2.92 bits per heavy atom. The molecule has 3 aromatic rings. The molecule has 0 amide bonds. The topological polar surface area (TPSA) is 127 Å². The maximum absolute atomic E-state index is 13.1. The summed E-state index contributed by atoms with van der Waals surface area (Å²) in [5.74, 6) is 0.146. The normalized spacial score (nSPS) is 18.1. The largest absolute Gasteiger partial charge is 0.368 e. The van der Waals surface area contributed by atoms with Crippen LogP contribution in [-0.2, 0) is 0 Å². The lowest BCUT2D eigenvalue weighted by Crippen LogP contribution is -2.38. The molecule has 0 unspecified atom stereocenters. The first kappa shape index (κ1) is 14.8. The Kier molecular flexibility index (Phi) is 3.49. The van der Waals surface area contributed by atoms with Crippen molar-refractivity contribution in [3.63, 3.8) is 0 Å². The predicted molar refractivity (Wildman–Crippen MR) is 89.5 cm³/mol. The lowest BCUT2D eigenvalue weighted by atomic mass is 10.1. The molecule has 0 radical (unpaired) electrons. The van der Waals surface area contributed by atoms with Crippen molar-refractivity contribution in [2.45, 2.75) is 25.8 Å². The number of nitrogens with one attached hydrogen (secondary N) is 2. The van der Waals surface area contributed by atoms with Crippen molar-refractivity contribution in [2.24, 2.45) is 0 Å². The molecule has 9 nitrogen and oxygen atoms in total. The highest BCUT2D eigenvalue weighted by Crippen LogP contribution is 2.23. The van der Waals surface area contributed by atoms with Crippen LogP contribution in [0.1, 0.15) is 24.6 Å². The third-order valence-corrected chi connectivity index (χ3v) is 4.32. The number of hydrogen-bond donors (Lipinski definition) is 3. The first-order chi connectivity index (χ1) is 11.6. The van der Waals surface area contributed by atoms with Gasteiger partial charge in [0.05, 0.1) is 17.4 Å². The van der Waals surface area contributed by atoms with E-state index in [1.165, 1.54) is 0 Å². The molecule has 4 heterocycles. The summed E-state index contributed by atoms with van der Waals surface area (Å²) in [5.41, 5.74) is 8.23. The molecule has 1 aliphatic rings. The minimum absolute atomic E-state index is 0.00659. The number of piperidine rings is 1. The number of rotatable bonds is 2. The lowest BCUT2D eigenvalue weighted by Gasteiger charge is -2.26. The van der Waals surface area contributed by atoms with E-state index in [0.29, 0.717) is 34.8 Å². The molecule has 0 aliphatic carbocycles. The van der Waals surface area contributed by atoms with Crippen molar-refractivity contribution in [3.05, 3.63) is 28.3 Å². The molecular formula is C15H18N8O. The highest BCUT2D eigenvalue weighted by atomic mass is 16.1. The van der Waals surface area contributed by atoms with Crippen LogP contribution >= 0.6 is 0 Å². The molecule has 24 heavy (non-hydrogen) atoms. The summed E-state index contributed by atoms with van der Waals surface area (Å²) in [5, 5.41) is 10.1. The standard InChI is InChI=1S/C15H18N8O/c1-8-11-13(21-15(16)19-8)23(9-3-2-5-17-7-9)14(24)12(20-11)10-4-6-18-22-10/h4,6,9,17H,2-3,5,7H2,1H3,(H,18,22)(H2,16,19,21)/t9-/m1/s1. The Labute approximate surface area is 137 Å². The minimum atomic E-state index is -0.196.